The van der Waals surface area contributed by atoms with Crippen LogP contribution in [0.3, 0.4) is 0 Å². The standard InChI is InChI=1S/C17H23FN2O4S/c18-16-5-15(1-2-17(16)24-11-12-3-4-23-10-12)25(21,22)20-8-13-6-19-7-14(13)9-20/h1-2,5,12-14,19H,3-4,6-11H2/t12?,13-,14+. The van der Waals surface area contributed by atoms with Gasteiger partial charge in [-0.15, -0.1) is 0 Å². The lowest BCUT2D eigenvalue weighted by atomic mass is 10.0. The predicted molar refractivity (Wildman–Crippen MR) is 89.4 cm³/mol. The number of sulfonamides is 1. The largest absolute Gasteiger partial charge is 0.490 e. The molecule has 25 heavy (non-hydrogen) atoms. The zero-order valence-electron chi connectivity index (χ0n) is 14.0. The zero-order valence-corrected chi connectivity index (χ0v) is 14.8. The van der Waals surface area contributed by atoms with Crippen LogP contribution in [0.25, 0.3) is 0 Å². The molecule has 3 aliphatic heterocycles. The SMILES string of the molecule is O=S(=O)(c1ccc(OCC2CCOC2)c(F)c1)N1C[C@H]2CNC[C@H]2C1. The molecule has 8 heteroatoms. The minimum Gasteiger partial charge on any atom is -0.490 e. The number of halogens is 1. The van der Waals surface area contributed by atoms with Crippen LogP contribution in [0.4, 0.5) is 4.39 Å². The fraction of sp³-hybridized carbons (Fsp3) is 0.647. The molecule has 0 amide bonds. The van der Waals surface area contributed by atoms with Crippen molar-refractivity contribution in [3.05, 3.63) is 24.0 Å². The maximum atomic E-state index is 14.3. The Labute approximate surface area is 147 Å². The van der Waals surface area contributed by atoms with Gasteiger partial charge in [-0.1, -0.05) is 0 Å². The molecule has 0 radical (unpaired) electrons. The number of hydrogen-bond donors (Lipinski definition) is 1. The molecule has 3 saturated heterocycles. The van der Waals surface area contributed by atoms with E-state index in [1.165, 1.54) is 16.4 Å². The Kier molecular flexibility index (Phi) is 4.70. The van der Waals surface area contributed by atoms with Gasteiger partial charge >= 0.3 is 0 Å². The molecule has 0 spiro atoms. The molecule has 0 saturated carbocycles. The van der Waals surface area contributed by atoms with Gasteiger partial charge in [0.1, 0.15) is 0 Å². The van der Waals surface area contributed by atoms with Crippen molar-refractivity contribution in [1.29, 1.82) is 0 Å². The fourth-order valence-electron chi connectivity index (χ4n) is 3.84. The molecule has 0 aromatic heterocycles. The molecule has 0 aliphatic carbocycles. The summed E-state index contributed by atoms with van der Waals surface area (Å²) in [5, 5.41) is 3.28. The minimum absolute atomic E-state index is 0.00511. The smallest absolute Gasteiger partial charge is 0.243 e. The summed E-state index contributed by atoms with van der Waals surface area (Å²) < 4.78 is 52.1. The van der Waals surface area contributed by atoms with E-state index in [9.17, 15) is 12.8 Å². The number of ether oxygens (including phenoxy) is 2. The number of nitrogens with one attached hydrogen (secondary N) is 1. The Bertz CT molecular complexity index is 724. The van der Waals surface area contributed by atoms with Gasteiger partial charge in [-0.25, -0.2) is 12.8 Å². The average molecular weight is 370 g/mol. The van der Waals surface area contributed by atoms with Crippen LogP contribution in [-0.2, 0) is 14.8 Å². The highest BCUT2D eigenvalue weighted by molar-refractivity contribution is 7.89. The monoisotopic (exact) mass is 370 g/mol. The van der Waals surface area contributed by atoms with Crippen LogP contribution in [0.2, 0.25) is 0 Å². The Hall–Kier alpha value is -1.22. The summed E-state index contributed by atoms with van der Waals surface area (Å²) in [6, 6.07) is 3.92. The molecule has 3 heterocycles. The van der Waals surface area contributed by atoms with E-state index in [4.69, 9.17) is 9.47 Å². The highest BCUT2D eigenvalue weighted by Crippen LogP contribution is 2.32. The first-order valence-corrected chi connectivity index (χ1v) is 10.2. The number of hydrogen-bond acceptors (Lipinski definition) is 5. The van der Waals surface area contributed by atoms with E-state index in [2.05, 4.69) is 5.32 Å². The van der Waals surface area contributed by atoms with Gasteiger partial charge in [-0.3, -0.25) is 0 Å². The second-order valence-electron chi connectivity index (χ2n) is 7.13. The lowest BCUT2D eigenvalue weighted by Gasteiger charge is -2.18. The zero-order chi connectivity index (χ0) is 17.4. The van der Waals surface area contributed by atoms with Crippen molar-refractivity contribution in [3.8, 4) is 5.75 Å². The molecule has 3 fully saturated rings. The number of rotatable bonds is 5. The third-order valence-electron chi connectivity index (χ3n) is 5.40. The molecule has 1 aromatic rings. The molecule has 0 bridgehead atoms. The first-order chi connectivity index (χ1) is 12.0. The van der Waals surface area contributed by atoms with Crippen molar-refractivity contribution in [2.45, 2.75) is 11.3 Å². The van der Waals surface area contributed by atoms with Gasteiger partial charge in [0.2, 0.25) is 10.0 Å². The average Bonchev–Trinajstić information content (AvgIpc) is 3.30. The summed E-state index contributed by atoms with van der Waals surface area (Å²) in [7, 11) is -3.66. The minimum atomic E-state index is -3.66. The highest BCUT2D eigenvalue weighted by atomic mass is 32.2. The van der Waals surface area contributed by atoms with Crippen LogP contribution in [0.1, 0.15) is 6.42 Å². The fourth-order valence-corrected chi connectivity index (χ4v) is 5.41. The van der Waals surface area contributed by atoms with Crippen LogP contribution in [-0.4, -0.2) is 58.7 Å². The lowest BCUT2D eigenvalue weighted by Crippen LogP contribution is -2.32. The highest BCUT2D eigenvalue weighted by Gasteiger charge is 2.41. The molecule has 3 aliphatic rings. The van der Waals surface area contributed by atoms with Crippen molar-refractivity contribution in [3.63, 3.8) is 0 Å². The van der Waals surface area contributed by atoms with E-state index in [0.29, 0.717) is 44.7 Å². The van der Waals surface area contributed by atoms with Crippen LogP contribution in [0.5, 0.6) is 5.75 Å². The second kappa shape index (κ2) is 6.83. The van der Waals surface area contributed by atoms with E-state index in [-0.39, 0.29) is 16.6 Å². The van der Waals surface area contributed by atoms with E-state index in [1.54, 1.807) is 0 Å². The first-order valence-electron chi connectivity index (χ1n) is 8.75. The summed E-state index contributed by atoms with van der Waals surface area (Å²) in [5.74, 6) is 0.432. The predicted octanol–water partition coefficient (Wildman–Crippen LogP) is 1.08. The van der Waals surface area contributed by atoms with Crippen LogP contribution < -0.4 is 10.1 Å². The Morgan fingerprint density at radius 1 is 1.28 bits per heavy atom. The first kappa shape index (κ1) is 17.2. The Morgan fingerprint density at radius 2 is 2.04 bits per heavy atom. The summed E-state index contributed by atoms with van der Waals surface area (Å²) in [5.41, 5.74) is 0. The summed E-state index contributed by atoms with van der Waals surface area (Å²) in [6.07, 6.45) is 0.903. The summed E-state index contributed by atoms with van der Waals surface area (Å²) in [4.78, 5) is -0.00511. The second-order valence-corrected chi connectivity index (χ2v) is 9.07. The number of fused-ring (bicyclic) bond motifs is 1. The van der Waals surface area contributed by atoms with E-state index < -0.39 is 15.8 Å². The molecule has 6 nitrogen and oxygen atoms in total. The molecule has 3 atom stereocenters. The van der Waals surface area contributed by atoms with Crippen LogP contribution >= 0.6 is 0 Å². The molecule has 1 aromatic carbocycles. The van der Waals surface area contributed by atoms with Gasteiger partial charge in [0, 0.05) is 25.6 Å². The van der Waals surface area contributed by atoms with Gasteiger partial charge in [0.25, 0.3) is 0 Å². The van der Waals surface area contributed by atoms with Crippen molar-refractivity contribution in [2.24, 2.45) is 17.8 Å². The van der Waals surface area contributed by atoms with Crippen LogP contribution in [0, 0.1) is 23.6 Å². The van der Waals surface area contributed by atoms with Crippen molar-refractivity contribution in [2.75, 3.05) is 46.0 Å². The molecular weight excluding hydrogens is 347 g/mol. The van der Waals surface area contributed by atoms with E-state index in [1.807, 2.05) is 0 Å². The van der Waals surface area contributed by atoms with Crippen molar-refractivity contribution >= 4 is 10.0 Å². The van der Waals surface area contributed by atoms with Gasteiger partial charge in [0.05, 0.1) is 18.1 Å². The molecule has 138 valence electrons. The normalized spacial score (nSPS) is 29.9. The van der Waals surface area contributed by atoms with Gasteiger partial charge in [0.15, 0.2) is 11.6 Å². The van der Waals surface area contributed by atoms with Crippen molar-refractivity contribution in [1.82, 2.24) is 9.62 Å². The Morgan fingerprint density at radius 3 is 2.68 bits per heavy atom. The van der Waals surface area contributed by atoms with E-state index in [0.717, 1.165) is 25.6 Å². The van der Waals surface area contributed by atoms with Crippen molar-refractivity contribution < 1.29 is 22.3 Å². The summed E-state index contributed by atoms with van der Waals surface area (Å²) in [6.45, 7) is 4.42. The topological polar surface area (TPSA) is 67.9 Å². The maximum absolute atomic E-state index is 14.3. The van der Waals surface area contributed by atoms with Gasteiger partial charge in [-0.05, 0) is 49.5 Å². The quantitative estimate of drug-likeness (QED) is 0.840. The van der Waals surface area contributed by atoms with E-state index >= 15 is 0 Å². The summed E-state index contributed by atoms with van der Waals surface area (Å²) >= 11 is 0. The third kappa shape index (κ3) is 3.40. The molecular formula is C17H23FN2O4S. The molecule has 1 N–H and O–H groups in total. The lowest BCUT2D eigenvalue weighted by molar-refractivity contribution is 0.165. The maximum Gasteiger partial charge on any atom is 0.243 e. The van der Waals surface area contributed by atoms with Gasteiger partial charge in [-0.2, -0.15) is 4.31 Å². The van der Waals surface area contributed by atoms with Crippen LogP contribution in [0.15, 0.2) is 23.1 Å². The van der Waals surface area contributed by atoms with Gasteiger partial charge < -0.3 is 14.8 Å². The molecule has 4 rings (SSSR count). The molecule has 1 unspecified atom stereocenters. The number of nitrogens with zero attached hydrogens (tertiary/aromatic N) is 1. The number of benzene rings is 1. The third-order valence-corrected chi connectivity index (χ3v) is 7.22. The Balaban J connectivity index is 1.45.